The monoisotopic (exact) mass is 492 g/mol. The van der Waals surface area contributed by atoms with E-state index in [0.717, 1.165) is 35.8 Å². The summed E-state index contributed by atoms with van der Waals surface area (Å²) in [4.78, 5) is 18.3. The molecule has 36 heavy (non-hydrogen) atoms. The van der Waals surface area contributed by atoms with Crippen molar-refractivity contribution in [2.75, 3.05) is 6.61 Å². The van der Waals surface area contributed by atoms with E-state index in [-0.39, 0.29) is 29.8 Å². The zero-order chi connectivity index (χ0) is 25.8. The first-order valence-electron chi connectivity index (χ1n) is 12.7. The molecule has 6 nitrogen and oxygen atoms in total. The van der Waals surface area contributed by atoms with Crippen molar-refractivity contribution >= 4 is 10.9 Å². The molecule has 0 aliphatic carbocycles. The van der Waals surface area contributed by atoms with E-state index in [1.165, 1.54) is 6.07 Å². The second-order valence-electron chi connectivity index (χ2n) is 10.1. The van der Waals surface area contributed by atoms with Crippen molar-refractivity contribution in [2.45, 2.75) is 78.2 Å². The van der Waals surface area contributed by atoms with Gasteiger partial charge in [-0.05, 0) is 69.7 Å². The molecule has 0 spiro atoms. The van der Waals surface area contributed by atoms with Gasteiger partial charge in [0.05, 0.1) is 35.1 Å². The molecule has 0 saturated heterocycles. The molecule has 190 valence electrons. The van der Waals surface area contributed by atoms with Gasteiger partial charge in [-0.2, -0.15) is 0 Å². The molecule has 1 atom stereocenters. The van der Waals surface area contributed by atoms with Crippen LogP contribution in [0, 0.1) is 12.7 Å². The lowest BCUT2D eigenvalue weighted by molar-refractivity contribution is -0.0172. The largest absolute Gasteiger partial charge is 0.490 e. The highest BCUT2D eigenvalue weighted by atomic mass is 19.1. The minimum absolute atomic E-state index is 0.0798. The van der Waals surface area contributed by atoms with Crippen LogP contribution in [0.2, 0.25) is 0 Å². The van der Waals surface area contributed by atoms with Crippen LogP contribution in [-0.2, 0) is 34.6 Å². The van der Waals surface area contributed by atoms with Gasteiger partial charge in [-0.1, -0.05) is 13.5 Å². The number of ether oxygens (including phenoxy) is 2. The summed E-state index contributed by atoms with van der Waals surface area (Å²) in [5.74, 6) is -0.0365. The number of benzene rings is 1. The van der Waals surface area contributed by atoms with E-state index in [1.54, 1.807) is 4.57 Å². The number of aryl methyl sites for hydroxylation is 1. The number of pyridine rings is 2. The zero-order valence-corrected chi connectivity index (χ0v) is 21.4. The van der Waals surface area contributed by atoms with Crippen LogP contribution in [0.1, 0.15) is 67.9 Å². The molecular weight excluding hydrogens is 459 g/mol. The van der Waals surface area contributed by atoms with E-state index < -0.39 is 5.60 Å². The number of hydrogen-bond acceptors (Lipinski definition) is 5. The number of nitrogens with zero attached hydrogens (tertiary/aromatic N) is 2. The van der Waals surface area contributed by atoms with Crippen LogP contribution in [0.5, 0.6) is 0 Å². The number of aromatic nitrogens is 2. The number of aliphatic hydroxyl groups is 1. The predicted molar refractivity (Wildman–Crippen MR) is 137 cm³/mol. The van der Waals surface area contributed by atoms with Crippen LogP contribution in [0.4, 0.5) is 4.39 Å². The van der Waals surface area contributed by atoms with Crippen molar-refractivity contribution in [1.82, 2.24) is 9.55 Å². The fraction of sp³-hybridized carbons (Fsp3) is 0.448. The van der Waals surface area contributed by atoms with E-state index in [0.29, 0.717) is 53.2 Å². The van der Waals surface area contributed by atoms with E-state index in [1.807, 2.05) is 33.8 Å². The Hall–Kier alpha value is -3.03. The number of rotatable bonds is 7. The third kappa shape index (κ3) is 3.85. The molecule has 5 rings (SSSR count). The summed E-state index contributed by atoms with van der Waals surface area (Å²) in [5.41, 5.74) is 3.70. The Kier molecular flexibility index (Phi) is 6.25. The lowest BCUT2D eigenvalue weighted by Gasteiger charge is -2.35. The molecule has 0 fully saturated rings. The average molecular weight is 493 g/mol. The molecule has 0 unspecified atom stereocenters. The van der Waals surface area contributed by atoms with Gasteiger partial charge >= 0.3 is 0 Å². The van der Waals surface area contributed by atoms with Crippen LogP contribution in [0.3, 0.4) is 0 Å². The Bertz CT molecular complexity index is 1440. The molecule has 3 aromatic rings. The Morgan fingerprint density at radius 3 is 2.81 bits per heavy atom. The summed E-state index contributed by atoms with van der Waals surface area (Å²) in [7, 11) is 0. The van der Waals surface area contributed by atoms with Gasteiger partial charge in [0.25, 0.3) is 5.56 Å². The van der Waals surface area contributed by atoms with Crippen LogP contribution in [0.15, 0.2) is 35.3 Å². The summed E-state index contributed by atoms with van der Waals surface area (Å²) in [6, 6.07) is 5.36. The van der Waals surface area contributed by atoms with Crippen molar-refractivity contribution in [2.24, 2.45) is 0 Å². The molecule has 4 heterocycles. The molecule has 0 saturated carbocycles. The third-order valence-corrected chi connectivity index (χ3v) is 7.58. The SMILES string of the molecule is C=C1OCc2c(cc3n(c2=O)Cc2cc4c(CCCCOC(C)C)c(C)c(F)cc4nc2-3)[C@@]1(O)CC. The lowest BCUT2D eigenvalue weighted by Crippen LogP contribution is -2.38. The molecule has 7 heteroatoms. The molecular formula is C29H33FN2O4. The fourth-order valence-electron chi connectivity index (χ4n) is 5.42. The minimum Gasteiger partial charge on any atom is -0.490 e. The molecule has 2 aromatic heterocycles. The molecule has 2 aliphatic rings. The topological polar surface area (TPSA) is 73.6 Å². The smallest absolute Gasteiger partial charge is 0.258 e. The Morgan fingerprint density at radius 2 is 2.08 bits per heavy atom. The number of unbranched alkanes of at least 4 members (excludes halogenated alkanes) is 1. The maximum atomic E-state index is 14.9. The standard InChI is InChI=1S/C29H33FN2O4/c1-6-29(34)18(5)36-15-22-23(29)12-26-27-19(14-32(26)28(22)33)11-21-20(9-7-8-10-35-16(2)3)17(4)24(30)13-25(21)31-27/h11-13,16,34H,5-10,14-15H2,1-4H3/t29-/m1/s1. The van der Waals surface area contributed by atoms with Crippen LogP contribution < -0.4 is 5.56 Å². The maximum Gasteiger partial charge on any atom is 0.258 e. The van der Waals surface area contributed by atoms with Gasteiger partial charge in [0, 0.05) is 29.2 Å². The summed E-state index contributed by atoms with van der Waals surface area (Å²) in [6.45, 7) is 12.7. The fourth-order valence-corrected chi connectivity index (χ4v) is 5.42. The molecule has 0 bridgehead atoms. The first-order valence-corrected chi connectivity index (χ1v) is 12.7. The summed E-state index contributed by atoms with van der Waals surface area (Å²) in [6.07, 6.45) is 3.03. The number of halogens is 1. The number of hydrogen-bond donors (Lipinski definition) is 1. The van der Waals surface area contributed by atoms with Crippen LogP contribution in [-0.4, -0.2) is 27.4 Å². The van der Waals surface area contributed by atoms with Gasteiger partial charge in [-0.3, -0.25) is 4.79 Å². The van der Waals surface area contributed by atoms with Gasteiger partial charge in [0.15, 0.2) is 0 Å². The second kappa shape index (κ2) is 9.12. The summed E-state index contributed by atoms with van der Waals surface area (Å²) < 4.78 is 27.8. The summed E-state index contributed by atoms with van der Waals surface area (Å²) >= 11 is 0. The van der Waals surface area contributed by atoms with Gasteiger partial charge in [0.1, 0.15) is 23.8 Å². The predicted octanol–water partition coefficient (Wildman–Crippen LogP) is 5.26. The Morgan fingerprint density at radius 1 is 1.31 bits per heavy atom. The van der Waals surface area contributed by atoms with Gasteiger partial charge in [-0.25, -0.2) is 9.37 Å². The van der Waals surface area contributed by atoms with Gasteiger partial charge < -0.3 is 19.1 Å². The molecule has 1 N–H and O–H groups in total. The van der Waals surface area contributed by atoms with Crippen molar-refractivity contribution in [3.8, 4) is 11.4 Å². The zero-order valence-electron chi connectivity index (χ0n) is 21.4. The van der Waals surface area contributed by atoms with Gasteiger partial charge in [0.2, 0.25) is 0 Å². The van der Waals surface area contributed by atoms with E-state index in [2.05, 4.69) is 12.6 Å². The van der Waals surface area contributed by atoms with E-state index in [4.69, 9.17) is 14.5 Å². The van der Waals surface area contributed by atoms with E-state index >= 15 is 0 Å². The van der Waals surface area contributed by atoms with Crippen molar-refractivity contribution in [3.63, 3.8) is 0 Å². The Labute approximate surface area is 210 Å². The number of fused-ring (bicyclic) bond motifs is 5. The minimum atomic E-state index is -1.43. The highest BCUT2D eigenvalue weighted by molar-refractivity contribution is 5.88. The summed E-state index contributed by atoms with van der Waals surface area (Å²) in [5, 5.41) is 12.2. The van der Waals surface area contributed by atoms with Gasteiger partial charge in [-0.15, -0.1) is 0 Å². The van der Waals surface area contributed by atoms with Crippen molar-refractivity contribution in [1.29, 1.82) is 0 Å². The highest BCUT2D eigenvalue weighted by Gasteiger charge is 2.41. The first-order chi connectivity index (χ1) is 17.2. The molecule has 0 amide bonds. The normalized spacial score (nSPS) is 18.4. The van der Waals surface area contributed by atoms with Crippen molar-refractivity contribution < 1.29 is 19.0 Å². The first kappa shape index (κ1) is 24.7. The molecule has 2 aliphatic heterocycles. The van der Waals surface area contributed by atoms with Crippen LogP contribution >= 0.6 is 0 Å². The highest BCUT2D eigenvalue weighted by Crippen LogP contribution is 2.42. The molecule has 1 aromatic carbocycles. The maximum absolute atomic E-state index is 14.9. The lowest BCUT2D eigenvalue weighted by atomic mass is 9.84. The van der Waals surface area contributed by atoms with E-state index in [9.17, 15) is 14.3 Å². The average Bonchev–Trinajstić information content (AvgIpc) is 3.20. The van der Waals surface area contributed by atoms with Crippen LogP contribution in [0.25, 0.3) is 22.3 Å². The second-order valence-corrected chi connectivity index (χ2v) is 10.1. The van der Waals surface area contributed by atoms with Crippen molar-refractivity contribution in [3.05, 3.63) is 74.5 Å². The quantitative estimate of drug-likeness (QED) is 0.356. The third-order valence-electron chi connectivity index (χ3n) is 7.58. The Balaban J connectivity index is 1.58. The molecule has 0 radical (unpaired) electrons.